The number of nitrogens with zero attached hydrogens (tertiary/aromatic N) is 2. The molecule has 2 fully saturated rings. The highest BCUT2D eigenvalue weighted by Gasteiger charge is 2.43. The summed E-state index contributed by atoms with van der Waals surface area (Å²) in [6.07, 6.45) is 7.87. The summed E-state index contributed by atoms with van der Waals surface area (Å²) in [5, 5.41) is 18.9. The largest absolute Gasteiger partial charge is 0.396 e. The molecule has 0 radical (unpaired) electrons. The average Bonchev–Trinajstić information content (AvgIpc) is 2.49. The van der Waals surface area contributed by atoms with E-state index < -0.39 is 0 Å². The molecular weight excluding hydrogens is 252 g/mol. The van der Waals surface area contributed by atoms with Crippen LogP contribution in [0.4, 0.5) is 0 Å². The van der Waals surface area contributed by atoms with E-state index in [1.807, 2.05) is 0 Å². The summed E-state index contributed by atoms with van der Waals surface area (Å²) in [4.78, 5) is 4.82. The van der Waals surface area contributed by atoms with E-state index >= 15 is 0 Å². The van der Waals surface area contributed by atoms with Crippen molar-refractivity contribution in [3.63, 3.8) is 0 Å². The molecular formula is C16H30N2O2. The molecule has 116 valence electrons. The molecule has 0 amide bonds. The molecule has 0 aromatic heterocycles. The minimum Gasteiger partial charge on any atom is -0.396 e. The van der Waals surface area contributed by atoms with E-state index in [9.17, 15) is 5.11 Å². The van der Waals surface area contributed by atoms with Gasteiger partial charge in [-0.3, -0.25) is 4.90 Å². The normalized spacial score (nSPS) is 28.4. The number of hydrogen-bond donors (Lipinski definition) is 2. The Morgan fingerprint density at radius 1 is 1.10 bits per heavy atom. The first-order valence-corrected chi connectivity index (χ1v) is 8.01. The molecule has 2 aliphatic rings. The van der Waals surface area contributed by atoms with Crippen LogP contribution in [0.1, 0.15) is 26.2 Å². The lowest BCUT2D eigenvalue weighted by Crippen LogP contribution is -2.53. The molecule has 4 heteroatoms. The van der Waals surface area contributed by atoms with E-state index in [0.717, 1.165) is 39.3 Å². The number of aliphatic hydroxyl groups excluding tert-OH is 2. The quantitative estimate of drug-likeness (QED) is 0.737. The number of β-amino-alcohol motifs (C(OH)–C–C–N with tert-alkyl or cyclic N) is 1. The van der Waals surface area contributed by atoms with Crippen molar-refractivity contribution in [1.82, 2.24) is 9.80 Å². The van der Waals surface area contributed by atoms with Gasteiger partial charge in [0.15, 0.2) is 0 Å². The minimum absolute atomic E-state index is 0.257. The van der Waals surface area contributed by atoms with Crippen molar-refractivity contribution in [3.05, 3.63) is 12.2 Å². The van der Waals surface area contributed by atoms with E-state index in [0.29, 0.717) is 17.9 Å². The van der Waals surface area contributed by atoms with Crippen LogP contribution in [0.3, 0.4) is 0 Å². The highest BCUT2D eigenvalue weighted by atomic mass is 16.3. The maximum atomic E-state index is 9.82. The molecule has 2 saturated heterocycles. The van der Waals surface area contributed by atoms with Gasteiger partial charge in [-0.25, -0.2) is 0 Å². The molecule has 0 aromatic carbocycles. The van der Waals surface area contributed by atoms with Crippen molar-refractivity contribution in [2.24, 2.45) is 11.3 Å². The van der Waals surface area contributed by atoms with Crippen LogP contribution in [0.15, 0.2) is 12.2 Å². The topological polar surface area (TPSA) is 46.9 Å². The van der Waals surface area contributed by atoms with Crippen LogP contribution >= 0.6 is 0 Å². The fourth-order valence-corrected chi connectivity index (χ4v) is 3.87. The second-order valence-electron chi connectivity index (χ2n) is 6.39. The Morgan fingerprint density at radius 3 is 2.30 bits per heavy atom. The lowest BCUT2D eigenvalue weighted by atomic mass is 9.64. The van der Waals surface area contributed by atoms with Crippen LogP contribution in [-0.4, -0.2) is 72.5 Å². The van der Waals surface area contributed by atoms with Gasteiger partial charge in [0.25, 0.3) is 0 Å². The SMILES string of the molecule is CC=CCN1CCC2(CCN(CCO)CC2)C(CO)C1. The van der Waals surface area contributed by atoms with Gasteiger partial charge in [0.05, 0.1) is 6.61 Å². The predicted octanol–water partition coefficient (Wildman–Crippen LogP) is 0.951. The summed E-state index contributed by atoms with van der Waals surface area (Å²) in [6, 6.07) is 0. The number of rotatable bonds is 5. The molecule has 20 heavy (non-hydrogen) atoms. The van der Waals surface area contributed by atoms with Gasteiger partial charge in [-0.05, 0) is 51.2 Å². The van der Waals surface area contributed by atoms with Crippen molar-refractivity contribution in [3.8, 4) is 0 Å². The van der Waals surface area contributed by atoms with E-state index in [1.54, 1.807) is 0 Å². The molecule has 0 aromatic rings. The summed E-state index contributed by atoms with van der Waals surface area (Å²) in [6.45, 7) is 8.78. The van der Waals surface area contributed by atoms with Crippen LogP contribution < -0.4 is 0 Å². The van der Waals surface area contributed by atoms with Crippen molar-refractivity contribution < 1.29 is 10.2 Å². The van der Waals surface area contributed by atoms with Gasteiger partial charge < -0.3 is 15.1 Å². The zero-order valence-electron chi connectivity index (χ0n) is 12.8. The number of piperidine rings is 2. The monoisotopic (exact) mass is 282 g/mol. The lowest BCUT2D eigenvalue weighted by Gasteiger charge is -2.51. The van der Waals surface area contributed by atoms with Crippen LogP contribution in [0.2, 0.25) is 0 Å². The molecule has 2 rings (SSSR count). The Morgan fingerprint density at radius 2 is 1.75 bits per heavy atom. The van der Waals surface area contributed by atoms with Gasteiger partial charge in [-0.1, -0.05) is 12.2 Å². The molecule has 1 atom stereocenters. The van der Waals surface area contributed by atoms with Crippen LogP contribution in [0.25, 0.3) is 0 Å². The summed E-state index contributed by atoms with van der Waals surface area (Å²) in [5.41, 5.74) is 0.340. The first-order valence-electron chi connectivity index (χ1n) is 8.01. The highest BCUT2D eigenvalue weighted by Crippen LogP contribution is 2.44. The molecule has 4 nitrogen and oxygen atoms in total. The average molecular weight is 282 g/mol. The Labute approximate surface area is 123 Å². The zero-order valence-corrected chi connectivity index (χ0v) is 12.8. The molecule has 0 saturated carbocycles. The van der Waals surface area contributed by atoms with E-state index in [-0.39, 0.29) is 6.61 Å². The predicted molar refractivity (Wildman–Crippen MR) is 81.6 cm³/mol. The maximum Gasteiger partial charge on any atom is 0.0558 e. The Hall–Kier alpha value is -0.420. The Balaban J connectivity index is 1.92. The zero-order chi connectivity index (χ0) is 14.4. The third kappa shape index (κ3) is 3.61. The molecule has 1 unspecified atom stereocenters. The van der Waals surface area contributed by atoms with Gasteiger partial charge in [-0.15, -0.1) is 0 Å². The Kier molecular flexibility index (Phi) is 6.02. The molecule has 2 aliphatic heterocycles. The number of likely N-dealkylation sites (tertiary alicyclic amines) is 2. The third-order valence-corrected chi connectivity index (χ3v) is 5.36. The number of aliphatic hydroxyl groups is 2. The van der Waals surface area contributed by atoms with E-state index in [2.05, 4.69) is 28.9 Å². The first kappa shape index (κ1) is 16.0. The second kappa shape index (κ2) is 7.55. The van der Waals surface area contributed by atoms with Crippen LogP contribution in [0, 0.1) is 11.3 Å². The van der Waals surface area contributed by atoms with Crippen molar-refractivity contribution in [2.75, 3.05) is 52.5 Å². The van der Waals surface area contributed by atoms with Gasteiger partial charge in [0.2, 0.25) is 0 Å². The summed E-state index contributed by atoms with van der Waals surface area (Å²) in [5.74, 6) is 0.415. The summed E-state index contributed by atoms with van der Waals surface area (Å²) in [7, 11) is 0. The molecule has 0 bridgehead atoms. The number of allylic oxidation sites excluding steroid dienone is 1. The van der Waals surface area contributed by atoms with Gasteiger partial charge in [0, 0.05) is 32.2 Å². The Bertz CT molecular complexity index is 312. The van der Waals surface area contributed by atoms with Crippen LogP contribution in [-0.2, 0) is 0 Å². The fraction of sp³-hybridized carbons (Fsp3) is 0.875. The van der Waals surface area contributed by atoms with E-state index in [4.69, 9.17) is 5.11 Å². The van der Waals surface area contributed by atoms with E-state index in [1.165, 1.54) is 19.3 Å². The van der Waals surface area contributed by atoms with Crippen molar-refractivity contribution in [2.45, 2.75) is 26.2 Å². The summed E-state index contributed by atoms with van der Waals surface area (Å²) < 4.78 is 0. The third-order valence-electron chi connectivity index (χ3n) is 5.36. The van der Waals surface area contributed by atoms with Gasteiger partial charge in [-0.2, -0.15) is 0 Å². The fourth-order valence-electron chi connectivity index (χ4n) is 3.87. The first-order chi connectivity index (χ1) is 9.74. The minimum atomic E-state index is 0.257. The molecule has 2 heterocycles. The van der Waals surface area contributed by atoms with Gasteiger partial charge in [0.1, 0.15) is 0 Å². The maximum absolute atomic E-state index is 9.82. The van der Waals surface area contributed by atoms with Crippen molar-refractivity contribution in [1.29, 1.82) is 0 Å². The van der Waals surface area contributed by atoms with Crippen LogP contribution in [0.5, 0.6) is 0 Å². The molecule has 0 aliphatic carbocycles. The van der Waals surface area contributed by atoms with Gasteiger partial charge >= 0.3 is 0 Å². The number of hydrogen-bond acceptors (Lipinski definition) is 4. The summed E-state index contributed by atoms with van der Waals surface area (Å²) >= 11 is 0. The van der Waals surface area contributed by atoms with Crippen molar-refractivity contribution >= 4 is 0 Å². The molecule has 1 spiro atoms. The molecule has 2 N–H and O–H groups in total. The lowest BCUT2D eigenvalue weighted by molar-refractivity contribution is -0.0405. The standard InChI is InChI=1S/C16H30N2O2/c1-2-3-7-18-10-6-16(15(13-18)14-20)4-8-17(9-5-16)11-12-19/h2-3,15,19-20H,4-14H2,1H3. The highest BCUT2D eigenvalue weighted by molar-refractivity contribution is 4.97. The smallest absolute Gasteiger partial charge is 0.0558 e. The second-order valence-corrected chi connectivity index (χ2v) is 6.39.